The Morgan fingerprint density at radius 2 is 1.92 bits per heavy atom. The minimum atomic E-state index is -1.91. The van der Waals surface area contributed by atoms with Crippen LogP contribution in [0.25, 0.3) is 0 Å². The van der Waals surface area contributed by atoms with E-state index in [0.717, 1.165) is 0 Å². The van der Waals surface area contributed by atoms with E-state index in [1.807, 2.05) is 0 Å². The van der Waals surface area contributed by atoms with E-state index in [1.54, 1.807) is 12.1 Å². The number of hydrogen-bond donors (Lipinski definition) is 0. The maximum atomic E-state index is 13.3. The zero-order chi connectivity index (χ0) is 9.19. The average molecular weight is 187 g/mol. The standard InChI is InChI=1S/C9H8ClFO/c1-9(11,6-12)7-2-4-8(10)5-3-7/h2-6H,1H3. The molecule has 3 heteroatoms. The van der Waals surface area contributed by atoms with E-state index in [4.69, 9.17) is 11.6 Å². The van der Waals surface area contributed by atoms with Gasteiger partial charge in [-0.05, 0) is 24.6 Å². The van der Waals surface area contributed by atoms with Gasteiger partial charge in [0.25, 0.3) is 0 Å². The first-order valence-electron chi connectivity index (χ1n) is 3.47. The second-order valence-corrected chi connectivity index (χ2v) is 3.14. The number of carbonyl (C=O) groups excluding carboxylic acids is 1. The molecule has 0 saturated carbocycles. The lowest BCUT2D eigenvalue weighted by Crippen LogP contribution is -2.16. The van der Waals surface area contributed by atoms with E-state index >= 15 is 0 Å². The topological polar surface area (TPSA) is 17.1 Å². The second-order valence-electron chi connectivity index (χ2n) is 2.70. The quantitative estimate of drug-likeness (QED) is 0.649. The first kappa shape index (κ1) is 9.20. The van der Waals surface area contributed by atoms with Crippen molar-refractivity contribution in [3.63, 3.8) is 0 Å². The van der Waals surface area contributed by atoms with Crippen LogP contribution < -0.4 is 0 Å². The van der Waals surface area contributed by atoms with Gasteiger partial charge in [-0.2, -0.15) is 0 Å². The smallest absolute Gasteiger partial charge is 0.187 e. The Kier molecular flexibility index (Phi) is 2.48. The van der Waals surface area contributed by atoms with Crippen LogP contribution in [0.1, 0.15) is 12.5 Å². The third-order valence-corrected chi connectivity index (χ3v) is 1.88. The van der Waals surface area contributed by atoms with Gasteiger partial charge in [-0.25, -0.2) is 4.39 Å². The van der Waals surface area contributed by atoms with E-state index in [-0.39, 0.29) is 6.29 Å². The number of benzene rings is 1. The Morgan fingerprint density at radius 3 is 2.33 bits per heavy atom. The minimum absolute atomic E-state index is 0.274. The molecular weight excluding hydrogens is 179 g/mol. The Morgan fingerprint density at radius 1 is 1.42 bits per heavy atom. The van der Waals surface area contributed by atoms with Gasteiger partial charge in [-0.3, -0.25) is 4.79 Å². The Labute approximate surface area is 75.2 Å². The van der Waals surface area contributed by atoms with Crippen molar-refractivity contribution in [2.45, 2.75) is 12.6 Å². The molecule has 0 radical (unpaired) electrons. The number of rotatable bonds is 2. The number of aldehydes is 1. The molecule has 1 unspecified atom stereocenters. The van der Waals surface area contributed by atoms with Crippen LogP contribution in [0.5, 0.6) is 0 Å². The zero-order valence-electron chi connectivity index (χ0n) is 6.55. The van der Waals surface area contributed by atoms with E-state index < -0.39 is 5.67 Å². The molecule has 1 atom stereocenters. The van der Waals surface area contributed by atoms with Crippen LogP contribution in [0.3, 0.4) is 0 Å². The summed E-state index contributed by atoms with van der Waals surface area (Å²) >= 11 is 5.59. The van der Waals surface area contributed by atoms with Crippen molar-refractivity contribution in [2.24, 2.45) is 0 Å². The molecule has 0 amide bonds. The third kappa shape index (κ3) is 1.83. The minimum Gasteiger partial charge on any atom is -0.299 e. The van der Waals surface area contributed by atoms with Crippen molar-refractivity contribution in [1.82, 2.24) is 0 Å². The summed E-state index contributed by atoms with van der Waals surface area (Å²) in [5.74, 6) is 0. The van der Waals surface area contributed by atoms with Gasteiger partial charge >= 0.3 is 0 Å². The summed E-state index contributed by atoms with van der Waals surface area (Å²) in [6.07, 6.45) is 0.274. The van der Waals surface area contributed by atoms with Crippen molar-refractivity contribution in [2.75, 3.05) is 0 Å². The average Bonchev–Trinajstić information content (AvgIpc) is 2.05. The third-order valence-electron chi connectivity index (χ3n) is 1.63. The monoisotopic (exact) mass is 186 g/mol. The lowest BCUT2D eigenvalue weighted by atomic mass is 10.0. The van der Waals surface area contributed by atoms with Gasteiger partial charge in [0.05, 0.1) is 0 Å². The molecule has 1 rings (SSSR count). The first-order valence-corrected chi connectivity index (χ1v) is 3.85. The van der Waals surface area contributed by atoms with Crippen LogP contribution in [0.15, 0.2) is 24.3 Å². The number of alkyl halides is 1. The van der Waals surface area contributed by atoms with Gasteiger partial charge in [0.15, 0.2) is 12.0 Å². The molecule has 0 heterocycles. The highest BCUT2D eigenvalue weighted by atomic mass is 35.5. The summed E-state index contributed by atoms with van der Waals surface area (Å²) in [5.41, 5.74) is -1.59. The zero-order valence-corrected chi connectivity index (χ0v) is 7.31. The highest BCUT2D eigenvalue weighted by Crippen LogP contribution is 2.23. The lowest BCUT2D eigenvalue weighted by Gasteiger charge is -2.12. The molecule has 64 valence electrons. The highest BCUT2D eigenvalue weighted by Gasteiger charge is 2.24. The molecule has 0 aromatic heterocycles. The Hall–Kier alpha value is -0.890. The van der Waals surface area contributed by atoms with E-state index in [2.05, 4.69) is 0 Å². The predicted molar refractivity (Wildman–Crippen MR) is 46.0 cm³/mol. The van der Waals surface area contributed by atoms with E-state index in [9.17, 15) is 9.18 Å². The fraction of sp³-hybridized carbons (Fsp3) is 0.222. The molecule has 0 aliphatic rings. The van der Waals surface area contributed by atoms with Crippen molar-refractivity contribution >= 4 is 17.9 Å². The molecule has 0 bridgehead atoms. The SMILES string of the molecule is CC(F)(C=O)c1ccc(Cl)cc1. The van der Waals surface area contributed by atoms with Gasteiger partial charge in [0, 0.05) is 5.02 Å². The number of halogens is 2. The second kappa shape index (κ2) is 3.23. The summed E-state index contributed by atoms with van der Waals surface area (Å²) in [6.45, 7) is 1.21. The van der Waals surface area contributed by atoms with Crippen molar-refractivity contribution in [1.29, 1.82) is 0 Å². The highest BCUT2D eigenvalue weighted by molar-refractivity contribution is 6.30. The molecule has 1 nitrogen and oxygen atoms in total. The lowest BCUT2D eigenvalue weighted by molar-refractivity contribution is -0.117. The fourth-order valence-electron chi connectivity index (χ4n) is 0.844. The molecule has 0 aliphatic heterocycles. The van der Waals surface area contributed by atoms with Crippen LogP contribution >= 0.6 is 11.6 Å². The van der Waals surface area contributed by atoms with Crippen molar-refractivity contribution in [3.8, 4) is 0 Å². The normalized spacial score (nSPS) is 15.2. The summed E-state index contributed by atoms with van der Waals surface area (Å²) in [7, 11) is 0. The van der Waals surface area contributed by atoms with Crippen LogP contribution in [0.4, 0.5) is 4.39 Å². The van der Waals surface area contributed by atoms with Gasteiger partial charge in [0.1, 0.15) is 0 Å². The maximum absolute atomic E-state index is 13.3. The van der Waals surface area contributed by atoms with E-state index in [0.29, 0.717) is 10.6 Å². The molecule has 0 saturated heterocycles. The molecule has 0 spiro atoms. The molecule has 1 aromatic carbocycles. The summed E-state index contributed by atoms with van der Waals surface area (Å²) < 4.78 is 13.3. The molecule has 0 fully saturated rings. The molecule has 0 N–H and O–H groups in total. The van der Waals surface area contributed by atoms with Crippen LogP contribution in [0, 0.1) is 0 Å². The maximum Gasteiger partial charge on any atom is 0.187 e. The molecule has 12 heavy (non-hydrogen) atoms. The van der Waals surface area contributed by atoms with Crippen molar-refractivity contribution < 1.29 is 9.18 Å². The van der Waals surface area contributed by atoms with Gasteiger partial charge in [0.2, 0.25) is 0 Å². The van der Waals surface area contributed by atoms with Crippen molar-refractivity contribution in [3.05, 3.63) is 34.9 Å². The largest absolute Gasteiger partial charge is 0.299 e. The first-order chi connectivity index (χ1) is 5.56. The predicted octanol–water partition coefficient (Wildman–Crippen LogP) is 2.72. The van der Waals surface area contributed by atoms with Gasteiger partial charge < -0.3 is 0 Å². The van der Waals surface area contributed by atoms with Crippen LogP contribution in [-0.4, -0.2) is 6.29 Å². The van der Waals surface area contributed by atoms with Crippen LogP contribution in [-0.2, 0) is 10.5 Å². The Bertz CT molecular complexity index is 279. The summed E-state index contributed by atoms with van der Waals surface area (Å²) in [4.78, 5) is 10.3. The molecule has 1 aromatic rings. The Balaban J connectivity index is 3.04. The molecular formula is C9H8ClFO. The fourth-order valence-corrected chi connectivity index (χ4v) is 0.970. The molecule has 0 aliphatic carbocycles. The number of hydrogen-bond acceptors (Lipinski definition) is 1. The number of carbonyl (C=O) groups is 1. The van der Waals surface area contributed by atoms with Gasteiger partial charge in [-0.1, -0.05) is 23.7 Å². The van der Waals surface area contributed by atoms with Gasteiger partial charge in [-0.15, -0.1) is 0 Å². The summed E-state index contributed by atoms with van der Waals surface area (Å²) in [5, 5.41) is 0.528. The van der Waals surface area contributed by atoms with E-state index in [1.165, 1.54) is 19.1 Å². The van der Waals surface area contributed by atoms with Crippen LogP contribution in [0.2, 0.25) is 5.02 Å². The summed E-state index contributed by atoms with van der Waals surface area (Å²) in [6, 6.07) is 6.10.